The number of nitrogens with one attached hydrogen (secondary N) is 1. The molecule has 0 spiro atoms. The minimum Gasteiger partial charge on any atom is -0.392 e. The first kappa shape index (κ1) is 16.5. The normalized spacial score (nSPS) is 25.6. The molecule has 1 aliphatic carbocycles. The van der Waals surface area contributed by atoms with Crippen molar-refractivity contribution in [2.75, 3.05) is 19.6 Å². The average molecular weight is 290 g/mol. The van der Waals surface area contributed by atoms with Gasteiger partial charge in [0.1, 0.15) is 0 Å². The molecule has 0 aliphatic heterocycles. The summed E-state index contributed by atoms with van der Waals surface area (Å²) < 4.78 is 0. The summed E-state index contributed by atoms with van der Waals surface area (Å²) >= 11 is 0. The van der Waals surface area contributed by atoms with Gasteiger partial charge in [0.25, 0.3) is 0 Å². The Kier molecular flexibility index (Phi) is 5.42. The lowest BCUT2D eigenvalue weighted by molar-refractivity contribution is -0.0739. The molecule has 2 N–H and O–H groups in total. The van der Waals surface area contributed by atoms with Gasteiger partial charge >= 0.3 is 0 Å². The van der Waals surface area contributed by atoms with E-state index in [1.54, 1.807) is 0 Å². The highest BCUT2D eigenvalue weighted by molar-refractivity contribution is 5.19. The molecule has 0 radical (unpaired) electrons. The Morgan fingerprint density at radius 2 is 1.86 bits per heavy atom. The topological polar surface area (TPSA) is 35.5 Å². The summed E-state index contributed by atoms with van der Waals surface area (Å²) in [5, 5.41) is 13.6. The predicted molar refractivity (Wildman–Crippen MR) is 88.3 cm³/mol. The van der Waals surface area contributed by atoms with Crippen LogP contribution in [0.25, 0.3) is 0 Å². The van der Waals surface area contributed by atoms with E-state index in [0.29, 0.717) is 12.1 Å². The molecule has 1 fully saturated rings. The van der Waals surface area contributed by atoms with Gasteiger partial charge in [0.2, 0.25) is 0 Å². The van der Waals surface area contributed by atoms with E-state index in [4.69, 9.17) is 0 Å². The summed E-state index contributed by atoms with van der Waals surface area (Å²) in [4.78, 5) is 2.49. The molecular formula is C18H30N2O. The molecule has 0 bridgehead atoms. The summed E-state index contributed by atoms with van der Waals surface area (Å²) in [6.07, 6.45) is 0.700. The minimum atomic E-state index is -0.168. The first-order chi connectivity index (χ1) is 10.0. The zero-order valence-corrected chi connectivity index (χ0v) is 13.8. The number of hydrogen-bond acceptors (Lipinski definition) is 3. The van der Waals surface area contributed by atoms with Crippen molar-refractivity contribution in [3.8, 4) is 0 Å². The molecule has 1 aromatic carbocycles. The van der Waals surface area contributed by atoms with Crippen molar-refractivity contribution in [2.24, 2.45) is 5.41 Å². The van der Waals surface area contributed by atoms with Crippen molar-refractivity contribution in [1.29, 1.82) is 0 Å². The Bertz CT molecular complexity index is 428. The van der Waals surface area contributed by atoms with Crippen LogP contribution < -0.4 is 5.32 Å². The molecule has 0 amide bonds. The molecule has 1 aromatic rings. The molecule has 3 atom stereocenters. The summed E-state index contributed by atoms with van der Waals surface area (Å²) in [7, 11) is 0. The van der Waals surface area contributed by atoms with Crippen molar-refractivity contribution in [3.05, 3.63) is 35.9 Å². The van der Waals surface area contributed by atoms with Gasteiger partial charge in [-0.1, -0.05) is 58.0 Å². The van der Waals surface area contributed by atoms with Crippen LogP contribution in [0.4, 0.5) is 0 Å². The van der Waals surface area contributed by atoms with Crippen molar-refractivity contribution >= 4 is 0 Å². The predicted octanol–water partition coefficient (Wildman–Crippen LogP) is 2.82. The largest absolute Gasteiger partial charge is 0.392 e. The highest BCUT2D eigenvalue weighted by atomic mass is 16.3. The lowest BCUT2D eigenvalue weighted by Gasteiger charge is -2.50. The Labute approximate surface area is 129 Å². The van der Waals surface area contributed by atoms with Crippen LogP contribution in [0.15, 0.2) is 30.3 Å². The number of aliphatic hydroxyl groups excluding tert-OH is 1. The van der Waals surface area contributed by atoms with Gasteiger partial charge in [0.15, 0.2) is 0 Å². The zero-order valence-electron chi connectivity index (χ0n) is 13.8. The minimum absolute atomic E-state index is 0.00943. The lowest BCUT2D eigenvalue weighted by atomic mass is 9.64. The smallest absolute Gasteiger partial charge is 0.0621 e. The van der Waals surface area contributed by atoms with Crippen LogP contribution in [0.1, 0.15) is 45.7 Å². The number of benzene rings is 1. The second-order valence-corrected chi connectivity index (χ2v) is 6.68. The van der Waals surface area contributed by atoms with Crippen LogP contribution in [0.5, 0.6) is 0 Å². The fourth-order valence-corrected chi connectivity index (χ4v) is 3.30. The fourth-order valence-electron chi connectivity index (χ4n) is 3.30. The molecule has 21 heavy (non-hydrogen) atoms. The molecule has 1 saturated carbocycles. The van der Waals surface area contributed by atoms with Gasteiger partial charge in [-0.25, -0.2) is 0 Å². The van der Waals surface area contributed by atoms with Crippen molar-refractivity contribution in [3.63, 3.8) is 0 Å². The molecule has 1 aliphatic rings. The number of aliphatic hydroxyl groups is 1. The summed E-state index contributed by atoms with van der Waals surface area (Å²) in [6.45, 7) is 11.8. The molecule has 0 saturated heterocycles. The summed E-state index contributed by atoms with van der Waals surface area (Å²) in [5.74, 6) is 0. The molecule has 118 valence electrons. The third-order valence-electron chi connectivity index (χ3n) is 5.21. The van der Waals surface area contributed by atoms with Gasteiger partial charge in [-0.2, -0.15) is 0 Å². The number of likely N-dealkylation sites (N-methyl/N-ethyl adjacent to an activating group) is 1. The van der Waals surface area contributed by atoms with E-state index >= 15 is 0 Å². The standard InChI is InChI=1S/C18H30N2O/c1-5-20(6-2)15(14-10-8-7-9-11-14)13-19-16-12-17(21)18(16,3)4/h7-11,15-17,19,21H,5-6,12-13H2,1-4H3. The molecule has 0 heterocycles. The second-order valence-electron chi connectivity index (χ2n) is 6.68. The Hall–Kier alpha value is -0.900. The van der Waals surface area contributed by atoms with Crippen molar-refractivity contribution in [1.82, 2.24) is 10.2 Å². The molecule has 2 rings (SSSR count). The van der Waals surface area contributed by atoms with Crippen LogP contribution in [-0.2, 0) is 0 Å². The van der Waals surface area contributed by atoms with Crippen LogP contribution in [0.2, 0.25) is 0 Å². The average Bonchev–Trinajstić information content (AvgIpc) is 2.51. The van der Waals surface area contributed by atoms with Crippen LogP contribution >= 0.6 is 0 Å². The van der Waals surface area contributed by atoms with E-state index < -0.39 is 0 Å². The third kappa shape index (κ3) is 3.47. The molecule has 3 nitrogen and oxygen atoms in total. The van der Waals surface area contributed by atoms with Gasteiger partial charge in [-0.05, 0) is 25.1 Å². The van der Waals surface area contributed by atoms with Crippen LogP contribution in [0.3, 0.4) is 0 Å². The molecule has 3 heteroatoms. The Morgan fingerprint density at radius 1 is 1.24 bits per heavy atom. The van der Waals surface area contributed by atoms with Crippen LogP contribution in [0, 0.1) is 5.41 Å². The van der Waals surface area contributed by atoms with Gasteiger partial charge in [0, 0.05) is 24.0 Å². The Morgan fingerprint density at radius 3 is 2.33 bits per heavy atom. The van der Waals surface area contributed by atoms with E-state index in [-0.39, 0.29) is 11.5 Å². The van der Waals surface area contributed by atoms with Crippen molar-refractivity contribution in [2.45, 2.75) is 52.3 Å². The van der Waals surface area contributed by atoms with E-state index in [1.165, 1.54) is 5.56 Å². The first-order valence-electron chi connectivity index (χ1n) is 8.21. The second kappa shape index (κ2) is 6.91. The third-order valence-corrected chi connectivity index (χ3v) is 5.21. The van der Waals surface area contributed by atoms with E-state index in [1.807, 2.05) is 0 Å². The lowest BCUT2D eigenvalue weighted by Crippen LogP contribution is -2.60. The maximum absolute atomic E-state index is 9.88. The van der Waals surface area contributed by atoms with Gasteiger partial charge < -0.3 is 10.4 Å². The van der Waals surface area contributed by atoms with E-state index in [0.717, 1.165) is 26.1 Å². The van der Waals surface area contributed by atoms with Gasteiger partial charge in [-0.15, -0.1) is 0 Å². The summed E-state index contributed by atoms with van der Waals surface area (Å²) in [5.41, 5.74) is 1.36. The highest BCUT2D eigenvalue weighted by Gasteiger charge is 2.47. The monoisotopic (exact) mass is 290 g/mol. The van der Waals surface area contributed by atoms with E-state index in [9.17, 15) is 5.11 Å². The van der Waals surface area contributed by atoms with Gasteiger partial charge in [0.05, 0.1) is 6.10 Å². The number of hydrogen-bond donors (Lipinski definition) is 2. The number of nitrogens with zero attached hydrogens (tertiary/aromatic N) is 1. The summed E-state index contributed by atoms with van der Waals surface area (Å²) in [6, 6.07) is 11.5. The molecular weight excluding hydrogens is 260 g/mol. The van der Waals surface area contributed by atoms with E-state index in [2.05, 4.69) is 68.2 Å². The number of rotatable bonds is 7. The molecule has 0 aromatic heterocycles. The highest BCUT2D eigenvalue weighted by Crippen LogP contribution is 2.40. The Balaban J connectivity index is 2.04. The fraction of sp³-hybridized carbons (Fsp3) is 0.667. The SMILES string of the molecule is CCN(CC)C(CNC1CC(O)C1(C)C)c1ccccc1. The first-order valence-corrected chi connectivity index (χ1v) is 8.21. The maximum Gasteiger partial charge on any atom is 0.0621 e. The van der Waals surface area contributed by atoms with Gasteiger partial charge in [-0.3, -0.25) is 4.90 Å². The zero-order chi connectivity index (χ0) is 15.5. The van der Waals surface area contributed by atoms with Crippen molar-refractivity contribution < 1.29 is 5.11 Å². The molecule has 3 unspecified atom stereocenters. The van der Waals surface area contributed by atoms with Crippen LogP contribution in [-0.4, -0.2) is 41.8 Å². The maximum atomic E-state index is 9.88. The quantitative estimate of drug-likeness (QED) is 0.810.